The molecule has 2 nitrogen and oxygen atoms in total. The third-order valence-electron chi connectivity index (χ3n) is 2.58. The van der Waals surface area contributed by atoms with E-state index in [-0.39, 0.29) is 0 Å². The van der Waals surface area contributed by atoms with Crippen LogP contribution in [0.3, 0.4) is 0 Å². The lowest BCUT2D eigenvalue weighted by atomic mass is 10.1. The summed E-state index contributed by atoms with van der Waals surface area (Å²) in [5.41, 5.74) is 1.22. The Bertz CT molecular complexity index is 297. The molecule has 1 fully saturated rings. The van der Waals surface area contributed by atoms with Crippen molar-refractivity contribution in [1.82, 2.24) is 4.98 Å². The molecule has 0 saturated carbocycles. The van der Waals surface area contributed by atoms with Crippen molar-refractivity contribution in [1.29, 1.82) is 0 Å². The van der Waals surface area contributed by atoms with E-state index < -0.39 is 0 Å². The number of nitrogens with zero attached hydrogens (tertiary/aromatic N) is 2. The number of hydrogen-bond donors (Lipinski definition) is 0. The van der Waals surface area contributed by atoms with Crippen LogP contribution >= 0.6 is 15.9 Å². The van der Waals surface area contributed by atoms with Crippen molar-refractivity contribution in [2.24, 2.45) is 0 Å². The van der Waals surface area contributed by atoms with Gasteiger partial charge in [0.05, 0.1) is 0 Å². The van der Waals surface area contributed by atoms with E-state index >= 15 is 0 Å². The van der Waals surface area contributed by atoms with Crippen LogP contribution in [0.25, 0.3) is 0 Å². The van der Waals surface area contributed by atoms with Crippen LogP contribution < -0.4 is 4.90 Å². The molecule has 0 spiro atoms. The van der Waals surface area contributed by atoms with Gasteiger partial charge >= 0.3 is 0 Å². The number of aromatic nitrogens is 1. The van der Waals surface area contributed by atoms with E-state index in [0.29, 0.717) is 4.83 Å². The third kappa shape index (κ3) is 2.27. The van der Waals surface area contributed by atoms with Gasteiger partial charge in [-0.05, 0) is 31.4 Å². The molecular formula is C11H15BrN2. The number of piperidine rings is 1. The van der Waals surface area contributed by atoms with Crippen LogP contribution in [0.4, 0.5) is 5.82 Å². The van der Waals surface area contributed by atoms with Crippen molar-refractivity contribution in [3.63, 3.8) is 0 Å². The van der Waals surface area contributed by atoms with E-state index in [4.69, 9.17) is 0 Å². The molecule has 0 radical (unpaired) electrons. The molecule has 1 saturated heterocycles. The smallest absolute Gasteiger partial charge is 0.128 e. The number of pyridine rings is 1. The van der Waals surface area contributed by atoms with Crippen LogP contribution in [0.15, 0.2) is 18.3 Å². The van der Waals surface area contributed by atoms with E-state index in [1.165, 1.54) is 18.4 Å². The van der Waals surface area contributed by atoms with Gasteiger partial charge in [0.25, 0.3) is 0 Å². The molecule has 14 heavy (non-hydrogen) atoms. The van der Waals surface area contributed by atoms with Crippen molar-refractivity contribution < 1.29 is 0 Å². The van der Waals surface area contributed by atoms with Gasteiger partial charge in [0.2, 0.25) is 0 Å². The summed E-state index contributed by atoms with van der Waals surface area (Å²) in [4.78, 5) is 7.42. The summed E-state index contributed by atoms with van der Waals surface area (Å²) >= 11 is 3.67. The molecule has 3 heteroatoms. The van der Waals surface area contributed by atoms with Crippen LogP contribution in [0.2, 0.25) is 0 Å². The van der Waals surface area contributed by atoms with Gasteiger partial charge in [0, 0.05) is 24.1 Å². The molecule has 0 bridgehead atoms. The Hall–Kier alpha value is -0.570. The first-order chi connectivity index (χ1) is 6.75. The molecule has 0 aliphatic carbocycles. The average Bonchev–Trinajstić information content (AvgIpc) is 2.19. The lowest BCUT2D eigenvalue weighted by Crippen LogP contribution is -2.36. The first-order valence-corrected chi connectivity index (χ1v) is 5.99. The topological polar surface area (TPSA) is 16.1 Å². The summed E-state index contributed by atoms with van der Waals surface area (Å²) in [7, 11) is 0. The van der Waals surface area contributed by atoms with Gasteiger partial charge in [0.15, 0.2) is 0 Å². The van der Waals surface area contributed by atoms with Gasteiger partial charge in [-0.25, -0.2) is 4.98 Å². The molecule has 1 unspecified atom stereocenters. The van der Waals surface area contributed by atoms with Crippen LogP contribution in [-0.2, 0) is 0 Å². The molecule has 1 aromatic heterocycles. The Morgan fingerprint density at radius 2 is 2.36 bits per heavy atom. The van der Waals surface area contributed by atoms with Gasteiger partial charge in [-0.15, -0.1) is 0 Å². The highest BCUT2D eigenvalue weighted by molar-refractivity contribution is 9.09. The van der Waals surface area contributed by atoms with Crippen molar-refractivity contribution in [2.45, 2.75) is 24.6 Å². The van der Waals surface area contributed by atoms with Crippen LogP contribution in [0.5, 0.6) is 0 Å². The number of hydrogen-bond acceptors (Lipinski definition) is 2. The lowest BCUT2D eigenvalue weighted by Gasteiger charge is -2.30. The molecular weight excluding hydrogens is 240 g/mol. The maximum atomic E-state index is 4.44. The van der Waals surface area contributed by atoms with E-state index in [9.17, 15) is 0 Å². The standard InChI is InChI=1S/C11H15BrN2/c1-9-4-5-11(13-7-9)14-6-2-3-10(12)8-14/h4-5,7,10H,2-3,6,8H2,1H3. The number of halogens is 1. The molecule has 76 valence electrons. The predicted octanol–water partition coefficient (Wildman–Crippen LogP) is 2.75. The molecule has 0 N–H and O–H groups in total. The van der Waals surface area contributed by atoms with E-state index in [1.807, 2.05) is 6.20 Å². The molecule has 1 atom stereocenters. The first-order valence-electron chi connectivity index (χ1n) is 5.07. The molecule has 1 aliphatic heterocycles. The van der Waals surface area contributed by atoms with Crippen molar-refractivity contribution >= 4 is 21.7 Å². The summed E-state index contributed by atoms with van der Waals surface area (Å²) in [6.07, 6.45) is 4.47. The Kier molecular flexibility index (Phi) is 3.06. The van der Waals surface area contributed by atoms with E-state index in [0.717, 1.165) is 18.9 Å². The van der Waals surface area contributed by atoms with Gasteiger partial charge in [-0.2, -0.15) is 0 Å². The van der Waals surface area contributed by atoms with Crippen molar-refractivity contribution in [3.8, 4) is 0 Å². The zero-order chi connectivity index (χ0) is 9.97. The fourth-order valence-electron chi connectivity index (χ4n) is 1.78. The largest absolute Gasteiger partial charge is 0.356 e. The monoisotopic (exact) mass is 254 g/mol. The number of anilines is 1. The minimum atomic E-state index is 0.624. The second-order valence-corrected chi connectivity index (χ2v) is 5.17. The third-order valence-corrected chi connectivity index (χ3v) is 3.33. The Morgan fingerprint density at radius 3 is 3.00 bits per heavy atom. The van der Waals surface area contributed by atoms with Gasteiger partial charge in [-0.1, -0.05) is 22.0 Å². The number of alkyl halides is 1. The average molecular weight is 255 g/mol. The second-order valence-electron chi connectivity index (χ2n) is 3.88. The lowest BCUT2D eigenvalue weighted by molar-refractivity contribution is 0.591. The fourth-order valence-corrected chi connectivity index (χ4v) is 2.45. The highest BCUT2D eigenvalue weighted by Crippen LogP contribution is 2.21. The van der Waals surface area contributed by atoms with Crippen molar-refractivity contribution in [2.75, 3.05) is 18.0 Å². The first kappa shape index (κ1) is 9.97. The molecule has 0 aromatic carbocycles. The number of rotatable bonds is 1. The maximum Gasteiger partial charge on any atom is 0.128 e. The molecule has 2 heterocycles. The maximum absolute atomic E-state index is 4.44. The van der Waals surface area contributed by atoms with Crippen molar-refractivity contribution in [3.05, 3.63) is 23.9 Å². The molecule has 1 aromatic rings. The van der Waals surface area contributed by atoms with Crippen LogP contribution in [0.1, 0.15) is 18.4 Å². The van der Waals surface area contributed by atoms with Crippen LogP contribution in [-0.4, -0.2) is 22.9 Å². The summed E-state index contributed by atoms with van der Waals surface area (Å²) < 4.78 is 0. The van der Waals surface area contributed by atoms with E-state index in [2.05, 4.69) is 44.9 Å². The Labute approximate surface area is 93.5 Å². The highest BCUT2D eigenvalue weighted by atomic mass is 79.9. The minimum absolute atomic E-state index is 0.624. The SMILES string of the molecule is Cc1ccc(N2CCCC(Br)C2)nc1. The predicted molar refractivity (Wildman–Crippen MR) is 63.1 cm³/mol. The van der Waals surface area contributed by atoms with Gasteiger partial charge in [-0.3, -0.25) is 0 Å². The zero-order valence-electron chi connectivity index (χ0n) is 8.41. The molecule has 2 rings (SSSR count). The minimum Gasteiger partial charge on any atom is -0.356 e. The Morgan fingerprint density at radius 1 is 1.50 bits per heavy atom. The van der Waals surface area contributed by atoms with Gasteiger partial charge < -0.3 is 4.90 Å². The quantitative estimate of drug-likeness (QED) is 0.717. The second kappa shape index (κ2) is 4.30. The molecule has 1 aliphatic rings. The normalized spacial score (nSPS) is 22.4. The van der Waals surface area contributed by atoms with E-state index in [1.54, 1.807) is 0 Å². The highest BCUT2D eigenvalue weighted by Gasteiger charge is 2.18. The summed E-state index contributed by atoms with van der Waals surface area (Å²) in [5, 5.41) is 0. The Balaban J connectivity index is 2.10. The molecule has 0 amide bonds. The zero-order valence-corrected chi connectivity index (χ0v) is 10.00. The summed E-state index contributed by atoms with van der Waals surface area (Å²) in [5.74, 6) is 1.11. The van der Waals surface area contributed by atoms with Crippen LogP contribution in [0, 0.1) is 6.92 Å². The fraction of sp³-hybridized carbons (Fsp3) is 0.545. The van der Waals surface area contributed by atoms with Gasteiger partial charge in [0.1, 0.15) is 5.82 Å². The number of aryl methyl sites for hydroxylation is 1. The summed E-state index contributed by atoms with van der Waals surface area (Å²) in [6, 6.07) is 4.24. The summed E-state index contributed by atoms with van der Waals surface area (Å²) in [6.45, 7) is 4.29.